The average molecular weight is 451 g/mol. The molecule has 1 N–H and O–H groups in total. The summed E-state index contributed by atoms with van der Waals surface area (Å²) < 4.78 is 7.79. The van der Waals surface area contributed by atoms with Crippen LogP contribution < -0.4 is 0 Å². The first-order valence-corrected chi connectivity index (χ1v) is 12.0. The third-order valence-electron chi connectivity index (χ3n) is 6.45. The molecular weight excluding hydrogens is 416 g/mol. The standard InChI is InChI=1S/C24H30N4O.C2H4O2/c1-2-5-20(6-3-1)21-10-8-19(9-11-21)17-28-23(18-27-13-15-29-16-14-27)26-22-7-4-12-25-24(22)28;1-2(3)4/h4,7-12,20H,1-3,5-6,13-18H2;1H3,(H,3,4). The van der Waals surface area contributed by atoms with Crippen LogP contribution in [0.5, 0.6) is 0 Å². The second-order valence-electron chi connectivity index (χ2n) is 8.94. The Morgan fingerprint density at radius 2 is 1.76 bits per heavy atom. The Morgan fingerprint density at radius 1 is 1.06 bits per heavy atom. The maximum Gasteiger partial charge on any atom is 0.300 e. The minimum absolute atomic E-state index is 0.755. The Bertz CT molecular complexity index is 1030. The number of hydrogen-bond acceptors (Lipinski definition) is 5. The van der Waals surface area contributed by atoms with Crippen molar-refractivity contribution in [1.82, 2.24) is 19.4 Å². The number of imidazole rings is 1. The van der Waals surface area contributed by atoms with Crippen LogP contribution in [-0.4, -0.2) is 56.8 Å². The van der Waals surface area contributed by atoms with E-state index in [9.17, 15) is 0 Å². The lowest BCUT2D eigenvalue weighted by Crippen LogP contribution is -2.36. The number of hydrogen-bond donors (Lipinski definition) is 1. The highest BCUT2D eigenvalue weighted by Crippen LogP contribution is 2.32. The first kappa shape index (κ1) is 23.4. The van der Waals surface area contributed by atoms with Crippen molar-refractivity contribution in [3.63, 3.8) is 0 Å². The summed E-state index contributed by atoms with van der Waals surface area (Å²) in [5, 5.41) is 7.42. The summed E-state index contributed by atoms with van der Waals surface area (Å²) in [6.45, 7) is 6.29. The predicted octanol–water partition coefficient (Wildman–Crippen LogP) is 4.45. The van der Waals surface area contributed by atoms with Crippen LogP contribution in [0.25, 0.3) is 11.2 Å². The van der Waals surface area contributed by atoms with Crippen LogP contribution in [0.2, 0.25) is 0 Å². The molecule has 2 aromatic heterocycles. The van der Waals surface area contributed by atoms with Gasteiger partial charge in [0.25, 0.3) is 5.97 Å². The van der Waals surface area contributed by atoms with Crippen LogP contribution in [0.15, 0.2) is 42.6 Å². The number of carboxylic acid groups (broad SMARTS) is 1. The molecule has 1 aliphatic heterocycles. The fraction of sp³-hybridized carbons (Fsp3) is 0.500. The zero-order valence-electron chi connectivity index (χ0n) is 19.4. The summed E-state index contributed by atoms with van der Waals surface area (Å²) in [6.07, 6.45) is 8.72. The normalized spacial score (nSPS) is 17.5. The fourth-order valence-electron chi connectivity index (χ4n) is 4.77. The summed E-state index contributed by atoms with van der Waals surface area (Å²) in [5.41, 5.74) is 4.79. The Labute approximate surface area is 195 Å². The Hall–Kier alpha value is -2.77. The topological polar surface area (TPSA) is 80.5 Å². The number of fused-ring (bicyclic) bond motifs is 1. The number of rotatable bonds is 5. The molecule has 0 atom stereocenters. The molecule has 7 heteroatoms. The largest absolute Gasteiger partial charge is 0.481 e. The minimum Gasteiger partial charge on any atom is -0.481 e. The van der Waals surface area contributed by atoms with Crippen molar-refractivity contribution in [1.29, 1.82) is 0 Å². The number of morpholine rings is 1. The van der Waals surface area contributed by atoms with Crippen molar-refractivity contribution >= 4 is 17.1 Å². The number of ether oxygens (including phenoxy) is 1. The lowest BCUT2D eigenvalue weighted by molar-refractivity contribution is -0.134. The zero-order chi connectivity index (χ0) is 23.0. The van der Waals surface area contributed by atoms with Crippen molar-refractivity contribution in [2.75, 3.05) is 26.3 Å². The molecule has 0 bridgehead atoms. The number of aliphatic carboxylic acids is 1. The third kappa shape index (κ3) is 6.39. The summed E-state index contributed by atoms with van der Waals surface area (Å²) >= 11 is 0. The molecule has 2 aliphatic rings. The van der Waals surface area contributed by atoms with E-state index in [1.54, 1.807) is 0 Å². The van der Waals surface area contributed by atoms with Gasteiger partial charge in [0.15, 0.2) is 5.65 Å². The number of carboxylic acids is 1. The van der Waals surface area contributed by atoms with E-state index in [0.717, 1.165) is 69.2 Å². The van der Waals surface area contributed by atoms with Gasteiger partial charge in [-0.15, -0.1) is 0 Å². The van der Waals surface area contributed by atoms with Crippen molar-refractivity contribution in [2.45, 2.75) is 58.0 Å². The molecule has 1 aromatic carbocycles. The first-order valence-electron chi connectivity index (χ1n) is 12.0. The summed E-state index contributed by atoms with van der Waals surface area (Å²) in [5.74, 6) is 1.02. The molecule has 1 aliphatic carbocycles. The highest BCUT2D eigenvalue weighted by Gasteiger charge is 2.18. The van der Waals surface area contributed by atoms with Gasteiger partial charge in [-0.3, -0.25) is 9.69 Å². The summed E-state index contributed by atoms with van der Waals surface area (Å²) in [6, 6.07) is 13.3. The highest BCUT2D eigenvalue weighted by molar-refractivity contribution is 5.71. The van der Waals surface area contributed by atoms with Crippen molar-refractivity contribution < 1.29 is 14.6 Å². The molecule has 0 amide bonds. The minimum atomic E-state index is -0.833. The van der Waals surface area contributed by atoms with Crippen molar-refractivity contribution in [3.8, 4) is 0 Å². The number of aromatic nitrogens is 3. The van der Waals surface area contributed by atoms with E-state index >= 15 is 0 Å². The summed E-state index contributed by atoms with van der Waals surface area (Å²) in [7, 11) is 0. The second kappa shape index (κ2) is 11.4. The second-order valence-corrected chi connectivity index (χ2v) is 8.94. The molecule has 0 radical (unpaired) electrons. The molecule has 0 spiro atoms. The van der Waals surface area contributed by atoms with Crippen LogP contribution in [0.3, 0.4) is 0 Å². The average Bonchev–Trinajstić information content (AvgIpc) is 3.17. The zero-order valence-corrected chi connectivity index (χ0v) is 19.4. The van der Waals surface area contributed by atoms with E-state index < -0.39 is 5.97 Å². The quantitative estimate of drug-likeness (QED) is 0.619. The van der Waals surface area contributed by atoms with E-state index in [0.29, 0.717) is 0 Å². The summed E-state index contributed by atoms with van der Waals surface area (Å²) in [4.78, 5) is 21.0. The lowest BCUT2D eigenvalue weighted by atomic mass is 9.84. The molecule has 2 fully saturated rings. The molecule has 5 rings (SSSR count). The Kier molecular flexibility index (Phi) is 8.07. The number of pyridine rings is 1. The molecule has 3 aromatic rings. The lowest BCUT2D eigenvalue weighted by Gasteiger charge is -2.26. The SMILES string of the molecule is CC(=O)O.c1cnc2c(c1)nc(CN1CCOCC1)n2Cc1ccc(C2CCCCC2)cc1. The van der Waals surface area contributed by atoms with E-state index in [1.165, 1.54) is 43.2 Å². The van der Waals surface area contributed by atoms with Crippen LogP contribution in [0.1, 0.15) is 61.9 Å². The van der Waals surface area contributed by atoms with E-state index in [4.69, 9.17) is 19.6 Å². The van der Waals surface area contributed by atoms with Crippen LogP contribution in [0, 0.1) is 0 Å². The Balaban J connectivity index is 0.000000601. The molecule has 7 nitrogen and oxygen atoms in total. The number of benzene rings is 1. The third-order valence-corrected chi connectivity index (χ3v) is 6.45. The van der Waals surface area contributed by atoms with E-state index in [2.05, 4.69) is 44.8 Å². The van der Waals surface area contributed by atoms with Gasteiger partial charge in [0.05, 0.1) is 26.3 Å². The smallest absolute Gasteiger partial charge is 0.300 e. The Morgan fingerprint density at radius 3 is 2.45 bits per heavy atom. The van der Waals surface area contributed by atoms with Gasteiger partial charge in [-0.05, 0) is 42.0 Å². The van der Waals surface area contributed by atoms with Gasteiger partial charge in [0.1, 0.15) is 11.3 Å². The maximum atomic E-state index is 9.00. The van der Waals surface area contributed by atoms with Gasteiger partial charge in [0.2, 0.25) is 0 Å². The van der Waals surface area contributed by atoms with E-state index in [-0.39, 0.29) is 0 Å². The van der Waals surface area contributed by atoms with Gasteiger partial charge in [-0.2, -0.15) is 0 Å². The van der Waals surface area contributed by atoms with Gasteiger partial charge < -0.3 is 14.4 Å². The molecular formula is C26H34N4O3. The number of carbonyl (C=O) groups is 1. The van der Waals surface area contributed by atoms with Gasteiger partial charge in [-0.25, -0.2) is 9.97 Å². The molecule has 1 saturated heterocycles. The monoisotopic (exact) mass is 450 g/mol. The van der Waals surface area contributed by atoms with Crippen molar-refractivity contribution in [2.24, 2.45) is 0 Å². The van der Waals surface area contributed by atoms with Gasteiger partial charge in [0, 0.05) is 26.2 Å². The van der Waals surface area contributed by atoms with Crippen molar-refractivity contribution in [3.05, 3.63) is 59.5 Å². The molecule has 1 saturated carbocycles. The molecule has 3 heterocycles. The van der Waals surface area contributed by atoms with Crippen LogP contribution in [-0.2, 0) is 22.6 Å². The van der Waals surface area contributed by atoms with Gasteiger partial charge >= 0.3 is 0 Å². The van der Waals surface area contributed by atoms with E-state index in [1.807, 2.05) is 12.3 Å². The number of nitrogens with zero attached hydrogens (tertiary/aromatic N) is 4. The highest BCUT2D eigenvalue weighted by atomic mass is 16.5. The first-order chi connectivity index (χ1) is 16.1. The molecule has 0 unspecified atom stereocenters. The van der Waals surface area contributed by atoms with Gasteiger partial charge in [-0.1, -0.05) is 43.5 Å². The predicted molar refractivity (Wildman–Crippen MR) is 128 cm³/mol. The molecule has 33 heavy (non-hydrogen) atoms. The fourth-order valence-corrected chi connectivity index (χ4v) is 4.77. The molecule has 176 valence electrons. The van der Waals surface area contributed by atoms with Crippen LogP contribution >= 0.6 is 0 Å². The van der Waals surface area contributed by atoms with Crippen LogP contribution in [0.4, 0.5) is 0 Å². The maximum absolute atomic E-state index is 9.00.